The second kappa shape index (κ2) is 8.97. The van der Waals surface area contributed by atoms with E-state index in [1.807, 2.05) is 31.1 Å². The first-order valence-electron chi connectivity index (χ1n) is 5.17. The number of nitrogens with one attached hydrogen (secondary N) is 1. The summed E-state index contributed by atoms with van der Waals surface area (Å²) in [5, 5.41) is 2.76. The van der Waals surface area contributed by atoms with Gasteiger partial charge in [0.25, 0.3) is 0 Å². The van der Waals surface area contributed by atoms with Crippen molar-refractivity contribution < 1.29 is 4.79 Å². The lowest BCUT2D eigenvalue weighted by Gasteiger charge is -2.16. The molecule has 1 rings (SSSR count). The summed E-state index contributed by atoms with van der Waals surface area (Å²) in [6.45, 7) is 2.10. The van der Waals surface area contributed by atoms with Crippen molar-refractivity contribution in [2.45, 2.75) is 19.5 Å². The van der Waals surface area contributed by atoms with Crippen LogP contribution in [0.2, 0.25) is 0 Å². The van der Waals surface area contributed by atoms with Gasteiger partial charge in [0, 0.05) is 32.4 Å². The van der Waals surface area contributed by atoms with Crippen LogP contribution in [-0.2, 0) is 11.3 Å². The molecular formula is C11H20Cl2N4O. The Hall–Kier alpha value is -1.04. The number of nitrogens with two attached hydrogens (primary N) is 1. The number of hydrogen-bond donors (Lipinski definition) is 2. The first-order valence-corrected chi connectivity index (χ1v) is 5.17. The summed E-state index contributed by atoms with van der Waals surface area (Å²) >= 11 is 0. The van der Waals surface area contributed by atoms with Crippen LogP contribution in [0.15, 0.2) is 18.3 Å². The van der Waals surface area contributed by atoms with E-state index in [2.05, 4.69) is 10.3 Å². The normalized spacial score (nSPS) is 10.7. The Balaban J connectivity index is 0. The lowest BCUT2D eigenvalue weighted by Crippen LogP contribution is -2.38. The summed E-state index contributed by atoms with van der Waals surface area (Å²) < 4.78 is 0. The van der Waals surface area contributed by atoms with E-state index in [4.69, 9.17) is 5.73 Å². The average molecular weight is 295 g/mol. The largest absolute Gasteiger partial charge is 0.362 e. The van der Waals surface area contributed by atoms with Gasteiger partial charge in [-0.3, -0.25) is 4.79 Å². The molecule has 0 radical (unpaired) electrons. The summed E-state index contributed by atoms with van der Waals surface area (Å²) in [7, 11) is 3.83. The minimum atomic E-state index is -0.487. The Bertz CT molecular complexity index is 372. The van der Waals surface area contributed by atoms with Crippen molar-refractivity contribution >= 4 is 36.5 Å². The Kier molecular flexibility index (Phi) is 9.61. The number of anilines is 1. The molecule has 1 atom stereocenters. The summed E-state index contributed by atoms with van der Waals surface area (Å²) in [4.78, 5) is 17.5. The Morgan fingerprint density at radius 3 is 2.61 bits per heavy atom. The van der Waals surface area contributed by atoms with Gasteiger partial charge in [-0.15, -0.1) is 24.8 Å². The number of hydrogen-bond acceptors (Lipinski definition) is 4. The Morgan fingerprint density at radius 2 is 2.11 bits per heavy atom. The highest BCUT2D eigenvalue weighted by molar-refractivity contribution is 5.85. The van der Waals surface area contributed by atoms with Gasteiger partial charge in [0.05, 0.1) is 6.04 Å². The van der Waals surface area contributed by atoms with Crippen LogP contribution in [0.1, 0.15) is 12.5 Å². The minimum absolute atomic E-state index is 0. The SMILES string of the molecule is C[C@H](N)C(=O)NCc1cccnc1N(C)C.Cl.Cl. The van der Waals surface area contributed by atoms with Crippen molar-refractivity contribution in [3.05, 3.63) is 23.9 Å². The van der Waals surface area contributed by atoms with E-state index in [0.717, 1.165) is 11.4 Å². The van der Waals surface area contributed by atoms with Gasteiger partial charge in [-0.1, -0.05) is 6.07 Å². The molecule has 104 valence electrons. The molecular weight excluding hydrogens is 275 g/mol. The van der Waals surface area contributed by atoms with Gasteiger partial charge >= 0.3 is 0 Å². The highest BCUT2D eigenvalue weighted by atomic mass is 35.5. The molecule has 0 aliphatic rings. The third-order valence-corrected chi connectivity index (χ3v) is 2.16. The molecule has 5 nitrogen and oxygen atoms in total. The molecule has 0 unspecified atom stereocenters. The van der Waals surface area contributed by atoms with Crippen molar-refractivity contribution in [2.24, 2.45) is 5.73 Å². The predicted molar refractivity (Wildman–Crippen MR) is 78.6 cm³/mol. The zero-order valence-corrected chi connectivity index (χ0v) is 12.3. The minimum Gasteiger partial charge on any atom is -0.362 e. The van der Waals surface area contributed by atoms with Crippen molar-refractivity contribution in [1.29, 1.82) is 0 Å². The molecule has 0 aliphatic carbocycles. The van der Waals surface area contributed by atoms with Crippen molar-refractivity contribution in [3.8, 4) is 0 Å². The van der Waals surface area contributed by atoms with Crippen LogP contribution in [0, 0.1) is 0 Å². The van der Waals surface area contributed by atoms with E-state index in [1.54, 1.807) is 13.1 Å². The maximum atomic E-state index is 11.3. The van der Waals surface area contributed by atoms with E-state index in [0.29, 0.717) is 6.54 Å². The topological polar surface area (TPSA) is 71.2 Å². The molecule has 1 aromatic rings. The van der Waals surface area contributed by atoms with Gasteiger partial charge in [0.2, 0.25) is 5.91 Å². The molecule has 3 N–H and O–H groups in total. The fourth-order valence-electron chi connectivity index (χ4n) is 1.31. The molecule has 0 spiro atoms. The van der Waals surface area contributed by atoms with Crippen LogP contribution in [0.5, 0.6) is 0 Å². The second-order valence-electron chi connectivity index (χ2n) is 3.89. The number of carbonyl (C=O) groups is 1. The van der Waals surface area contributed by atoms with Crippen molar-refractivity contribution in [2.75, 3.05) is 19.0 Å². The van der Waals surface area contributed by atoms with Gasteiger partial charge in [-0.25, -0.2) is 4.98 Å². The van der Waals surface area contributed by atoms with Crippen LogP contribution >= 0.6 is 24.8 Å². The van der Waals surface area contributed by atoms with E-state index in [1.165, 1.54) is 0 Å². The first-order chi connectivity index (χ1) is 7.52. The maximum absolute atomic E-state index is 11.3. The van der Waals surface area contributed by atoms with Gasteiger partial charge < -0.3 is 16.0 Å². The fourth-order valence-corrected chi connectivity index (χ4v) is 1.31. The number of nitrogens with zero attached hydrogens (tertiary/aromatic N) is 2. The standard InChI is InChI=1S/C11H18N4O.2ClH/c1-8(12)11(16)14-7-9-5-4-6-13-10(9)15(2)3;;/h4-6,8H,7,12H2,1-3H3,(H,14,16);2*1H/t8-;;/m0../s1. The van der Waals surface area contributed by atoms with Crippen LogP contribution in [0.4, 0.5) is 5.82 Å². The molecule has 1 aromatic heterocycles. The van der Waals surface area contributed by atoms with Gasteiger partial charge in [-0.05, 0) is 13.0 Å². The second-order valence-corrected chi connectivity index (χ2v) is 3.89. The van der Waals surface area contributed by atoms with Crippen molar-refractivity contribution in [1.82, 2.24) is 10.3 Å². The van der Waals surface area contributed by atoms with Crippen LogP contribution < -0.4 is 16.0 Å². The summed E-state index contributed by atoms with van der Waals surface area (Å²) in [6.07, 6.45) is 1.73. The lowest BCUT2D eigenvalue weighted by atomic mass is 10.2. The van der Waals surface area contributed by atoms with Gasteiger partial charge in [0.15, 0.2) is 0 Å². The molecule has 0 saturated heterocycles. The van der Waals surface area contributed by atoms with Crippen LogP contribution in [-0.4, -0.2) is 31.0 Å². The predicted octanol–water partition coefficient (Wildman–Crippen LogP) is 0.955. The van der Waals surface area contributed by atoms with E-state index in [-0.39, 0.29) is 30.7 Å². The molecule has 18 heavy (non-hydrogen) atoms. The molecule has 0 bridgehead atoms. The number of rotatable bonds is 4. The number of amides is 1. The molecule has 0 aliphatic heterocycles. The first kappa shape index (κ1) is 19.3. The summed E-state index contributed by atoms with van der Waals surface area (Å²) in [6, 6.07) is 3.30. The summed E-state index contributed by atoms with van der Waals surface area (Å²) in [5.41, 5.74) is 6.43. The number of carbonyl (C=O) groups excluding carboxylic acids is 1. The number of halogens is 2. The highest BCUT2D eigenvalue weighted by Gasteiger charge is 2.09. The molecule has 7 heteroatoms. The van der Waals surface area contributed by atoms with Gasteiger partial charge in [-0.2, -0.15) is 0 Å². The number of aromatic nitrogens is 1. The Labute approximate surface area is 120 Å². The van der Waals surface area contributed by atoms with E-state index in [9.17, 15) is 4.79 Å². The van der Waals surface area contributed by atoms with Crippen LogP contribution in [0.25, 0.3) is 0 Å². The zero-order chi connectivity index (χ0) is 12.1. The quantitative estimate of drug-likeness (QED) is 0.868. The Morgan fingerprint density at radius 1 is 1.50 bits per heavy atom. The molecule has 0 saturated carbocycles. The molecule has 1 amide bonds. The number of pyridine rings is 1. The van der Waals surface area contributed by atoms with E-state index >= 15 is 0 Å². The zero-order valence-electron chi connectivity index (χ0n) is 10.7. The average Bonchev–Trinajstić information content (AvgIpc) is 2.25. The maximum Gasteiger partial charge on any atom is 0.236 e. The molecule has 0 fully saturated rings. The molecule has 1 heterocycles. The van der Waals surface area contributed by atoms with E-state index < -0.39 is 6.04 Å². The third kappa shape index (κ3) is 5.53. The highest BCUT2D eigenvalue weighted by Crippen LogP contribution is 2.13. The monoisotopic (exact) mass is 294 g/mol. The van der Waals surface area contributed by atoms with Crippen molar-refractivity contribution in [3.63, 3.8) is 0 Å². The third-order valence-electron chi connectivity index (χ3n) is 2.16. The lowest BCUT2D eigenvalue weighted by molar-refractivity contribution is -0.122. The fraction of sp³-hybridized carbons (Fsp3) is 0.455. The molecule has 0 aromatic carbocycles. The van der Waals surface area contributed by atoms with Gasteiger partial charge in [0.1, 0.15) is 5.82 Å². The summed E-state index contributed by atoms with van der Waals surface area (Å²) in [5.74, 6) is 0.695. The van der Waals surface area contributed by atoms with Crippen LogP contribution in [0.3, 0.4) is 0 Å². The smallest absolute Gasteiger partial charge is 0.236 e.